The second kappa shape index (κ2) is 6.14. The molecule has 0 aliphatic heterocycles. The predicted molar refractivity (Wildman–Crippen MR) is 82.6 cm³/mol. The van der Waals surface area contributed by atoms with Gasteiger partial charge >= 0.3 is 0 Å². The first kappa shape index (κ1) is 13.9. The van der Waals surface area contributed by atoms with Gasteiger partial charge in [-0.05, 0) is 42.5 Å². The molecule has 0 atom stereocenters. The van der Waals surface area contributed by atoms with Gasteiger partial charge in [0.15, 0.2) is 0 Å². The zero-order chi connectivity index (χ0) is 14.7. The molecule has 2 N–H and O–H groups in total. The number of nitrogens with zero attached hydrogens (tertiary/aromatic N) is 1. The Morgan fingerprint density at radius 1 is 1.19 bits per heavy atom. The molecule has 0 fully saturated rings. The van der Waals surface area contributed by atoms with E-state index in [4.69, 9.17) is 10.5 Å². The highest BCUT2D eigenvalue weighted by atomic mass is 16.5. The van der Waals surface area contributed by atoms with E-state index >= 15 is 0 Å². The quantitative estimate of drug-likeness (QED) is 0.912. The molecule has 1 aliphatic carbocycles. The van der Waals surface area contributed by atoms with Crippen molar-refractivity contribution in [3.05, 3.63) is 63.6 Å². The van der Waals surface area contributed by atoms with Crippen LogP contribution in [-0.2, 0) is 25.9 Å². The normalized spacial score (nSPS) is 13.2. The molecule has 3 rings (SSSR count). The summed E-state index contributed by atoms with van der Waals surface area (Å²) in [6, 6.07) is 11.4. The molecule has 0 bridgehead atoms. The number of aryl methyl sites for hydroxylation is 1. The number of rotatable bonds is 5. The van der Waals surface area contributed by atoms with Crippen LogP contribution in [0.25, 0.3) is 0 Å². The van der Waals surface area contributed by atoms with Crippen molar-refractivity contribution in [2.45, 2.75) is 32.4 Å². The molecule has 0 unspecified atom stereocenters. The number of pyridine rings is 1. The van der Waals surface area contributed by atoms with E-state index in [1.165, 1.54) is 11.3 Å². The fraction of sp³-hybridized carbons (Fsp3) is 0.353. The minimum absolute atomic E-state index is 0.0648. The van der Waals surface area contributed by atoms with Gasteiger partial charge in [-0.1, -0.05) is 18.2 Å². The summed E-state index contributed by atoms with van der Waals surface area (Å²) in [4.78, 5) is 12.0. The molecule has 1 aromatic carbocycles. The first-order valence-corrected chi connectivity index (χ1v) is 7.41. The number of fused-ring (bicyclic) bond motifs is 1. The second-order valence-electron chi connectivity index (χ2n) is 5.35. The number of ether oxygens (including phenoxy) is 1. The van der Waals surface area contributed by atoms with Gasteiger partial charge in [0, 0.05) is 18.3 Å². The summed E-state index contributed by atoms with van der Waals surface area (Å²) in [6.07, 6.45) is 3.21. The van der Waals surface area contributed by atoms with E-state index in [2.05, 4.69) is 0 Å². The Kier molecular flexibility index (Phi) is 4.06. The fourth-order valence-electron chi connectivity index (χ4n) is 2.90. The van der Waals surface area contributed by atoms with E-state index in [1.807, 2.05) is 34.9 Å². The van der Waals surface area contributed by atoms with E-state index in [0.29, 0.717) is 19.7 Å². The van der Waals surface area contributed by atoms with Crippen LogP contribution >= 0.6 is 0 Å². The minimum Gasteiger partial charge on any atom is -0.492 e. The highest BCUT2D eigenvalue weighted by molar-refractivity contribution is 5.28. The maximum absolute atomic E-state index is 12.0. The third-order valence-electron chi connectivity index (χ3n) is 3.97. The lowest BCUT2D eigenvalue weighted by Gasteiger charge is -2.13. The first-order valence-electron chi connectivity index (χ1n) is 7.41. The summed E-state index contributed by atoms with van der Waals surface area (Å²) in [5.74, 6) is 0.804. The smallest absolute Gasteiger partial charge is 0.250 e. The number of aromatic nitrogens is 1. The average Bonchev–Trinajstić information content (AvgIpc) is 2.98. The molecule has 110 valence electrons. The van der Waals surface area contributed by atoms with E-state index in [0.717, 1.165) is 30.6 Å². The largest absolute Gasteiger partial charge is 0.492 e. The number of nitrogens with two attached hydrogens (primary N) is 1. The lowest BCUT2D eigenvalue weighted by Crippen LogP contribution is -2.25. The maximum Gasteiger partial charge on any atom is 0.250 e. The molecule has 0 amide bonds. The zero-order valence-corrected chi connectivity index (χ0v) is 12.0. The van der Waals surface area contributed by atoms with Crippen LogP contribution in [0.2, 0.25) is 0 Å². The van der Waals surface area contributed by atoms with E-state index in [-0.39, 0.29) is 5.56 Å². The lowest BCUT2D eigenvalue weighted by atomic mass is 10.2. The Bertz CT molecular complexity index is 691. The van der Waals surface area contributed by atoms with Gasteiger partial charge in [0.05, 0.1) is 6.54 Å². The Balaban J connectivity index is 1.68. The van der Waals surface area contributed by atoms with Crippen molar-refractivity contribution in [2.75, 3.05) is 6.61 Å². The molecule has 2 aromatic rings. The number of benzene rings is 1. The molecular formula is C17H20N2O2. The van der Waals surface area contributed by atoms with Crippen molar-refractivity contribution in [1.82, 2.24) is 4.57 Å². The van der Waals surface area contributed by atoms with Crippen LogP contribution in [0.4, 0.5) is 0 Å². The summed E-state index contributed by atoms with van der Waals surface area (Å²) < 4.78 is 7.61. The van der Waals surface area contributed by atoms with Gasteiger partial charge in [0.2, 0.25) is 0 Å². The van der Waals surface area contributed by atoms with Crippen molar-refractivity contribution in [2.24, 2.45) is 5.73 Å². The van der Waals surface area contributed by atoms with Crippen molar-refractivity contribution in [1.29, 1.82) is 0 Å². The van der Waals surface area contributed by atoms with Gasteiger partial charge in [0.25, 0.3) is 5.56 Å². The van der Waals surface area contributed by atoms with Gasteiger partial charge in [-0.25, -0.2) is 0 Å². The minimum atomic E-state index is 0.0648. The molecule has 1 heterocycles. The molecule has 0 saturated carbocycles. The van der Waals surface area contributed by atoms with E-state index in [9.17, 15) is 4.79 Å². The molecule has 4 nitrogen and oxygen atoms in total. The lowest BCUT2D eigenvalue weighted by molar-refractivity contribution is 0.294. The van der Waals surface area contributed by atoms with Gasteiger partial charge in [-0.15, -0.1) is 0 Å². The van der Waals surface area contributed by atoms with Crippen LogP contribution in [0.5, 0.6) is 5.75 Å². The molecule has 0 spiro atoms. The Morgan fingerprint density at radius 2 is 2.10 bits per heavy atom. The summed E-state index contributed by atoms with van der Waals surface area (Å²) in [7, 11) is 0. The van der Waals surface area contributed by atoms with Gasteiger partial charge in [-0.3, -0.25) is 4.79 Å². The van der Waals surface area contributed by atoms with Gasteiger partial charge < -0.3 is 15.0 Å². The summed E-state index contributed by atoms with van der Waals surface area (Å²) in [5.41, 5.74) is 9.22. The van der Waals surface area contributed by atoms with Gasteiger partial charge in [0.1, 0.15) is 12.4 Å². The molecular weight excluding hydrogens is 264 g/mol. The predicted octanol–water partition coefficient (Wildman–Crippen LogP) is 1.87. The Labute approximate surface area is 124 Å². The van der Waals surface area contributed by atoms with Crippen LogP contribution in [0.3, 0.4) is 0 Å². The van der Waals surface area contributed by atoms with Crippen LogP contribution < -0.4 is 16.0 Å². The van der Waals surface area contributed by atoms with Crippen molar-refractivity contribution in [3.8, 4) is 5.75 Å². The summed E-state index contributed by atoms with van der Waals surface area (Å²) >= 11 is 0. The third kappa shape index (κ3) is 3.00. The van der Waals surface area contributed by atoms with Crippen LogP contribution in [0.1, 0.15) is 23.2 Å². The van der Waals surface area contributed by atoms with E-state index in [1.54, 1.807) is 6.07 Å². The Morgan fingerprint density at radius 3 is 2.95 bits per heavy atom. The van der Waals surface area contributed by atoms with Crippen molar-refractivity contribution < 1.29 is 4.74 Å². The zero-order valence-electron chi connectivity index (χ0n) is 12.0. The van der Waals surface area contributed by atoms with Crippen LogP contribution in [0.15, 0.2) is 41.2 Å². The Hall–Kier alpha value is -2.07. The van der Waals surface area contributed by atoms with E-state index < -0.39 is 0 Å². The molecule has 1 aromatic heterocycles. The highest BCUT2D eigenvalue weighted by Gasteiger charge is 2.15. The topological polar surface area (TPSA) is 57.2 Å². The second-order valence-corrected chi connectivity index (χ2v) is 5.35. The average molecular weight is 284 g/mol. The SMILES string of the molecule is NCc1cccc(OCCn2c3c(ccc2=O)CCC3)c1. The van der Waals surface area contributed by atoms with Gasteiger partial charge in [-0.2, -0.15) is 0 Å². The molecule has 0 radical (unpaired) electrons. The number of hydrogen-bond acceptors (Lipinski definition) is 3. The molecule has 21 heavy (non-hydrogen) atoms. The maximum atomic E-state index is 12.0. The van der Waals surface area contributed by atoms with Crippen LogP contribution in [0, 0.1) is 0 Å². The van der Waals surface area contributed by atoms with Crippen molar-refractivity contribution in [3.63, 3.8) is 0 Å². The fourth-order valence-corrected chi connectivity index (χ4v) is 2.90. The molecule has 4 heteroatoms. The summed E-state index contributed by atoms with van der Waals surface area (Å²) in [5, 5.41) is 0. The first-order chi connectivity index (χ1) is 10.3. The van der Waals surface area contributed by atoms with Crippen LogP contribution in [-0.4, -0.2) is 11.2 Å². The summed E-state index contributed by atoms with van der Waals surface area (Å²) in [6.45, 7) is 1.59. The van der Waals surface area contributed by atoms with Crippen molar-refractivity contribution >= 4 is 0 Å². The number of hydrogen-bond donors (Lipinski definition) is 1. The monoisotopic (exact) mass is 284 g/mol. The highest BCUT2D eigenvalue weighted by Crippen LogP contribution is 2.20. The standard InChI is InChI=1S/C17H20N2O2/c18-12-13-3-1-5-15(11-13)21-10-9-19-16-6-2-4-14(16)7-8-17(19)20/h1,3,5,7-8,11H,2,4,6,9-10,12,18H2. The molecule has 0 saturated heterocycles. The molecule has 1 aliphatic rings. The third-order valence-corrected chi connectivity index (χ3v) is 3.97.